The third-order valence-electron chi connectivity index (χ3n) is 5.15. The Balaban J connectivity index is 1.83. The van der Waals surface area contributed by atoms with E-state index in [0.717, 1.165) is 11.3 Å². The lowest BCUT2D eigenvalue weighted by molar-refractivity contribution is 0.0754. The molecule has 2 unspecified atom stereocenters. The van der Waals surface area contributed by atoms with Crippen molar-refractivity contribution < 1.29 is 13.2 Å². The summed E-state index contributed by atoms with van der Waals surface area (Å²) in [5.41, 5.74) is 0.414. The van der Waals surface area contributed by atoms with Gasteiger partial charge in [-0.1, -0.05) is 26.0 Å². The molecule has 0 saturated carbocycles. The average Bonchev–Trinajstić information content (AvgIpc) is 3.18. The number of thiophene rings is 1. The number of carbonyl (C=O) groups is 1. The lowest BCUT2D eigenvalue weighted by Gasteiger charge is -2.34. The maximum Gasteiger partial charge on any atom is 0.254 e. The largest absolute Gasteiger partial charge is 0.334 e. The van der Waals surface area contributed by atoms with Crippen LogP contribution in [-0.4, -0.2) is 43.2 Å². The van der Waals surface area contributed by atoms with Gasteiger partial charge in [-0.15, -0.1) is 11.3 Å². The van der Waals surface area contributed by atoms with Crippen LogP contribution >= 0.6 is 11.3 Å². The Morgan fingerprint density at radius 1 is 1.18 bits per heavy atom. The Kier molecular flexibility index (Phi) is 6.58. The Hall–Kier alpha value is -1.70. The molecule has 0 spiro atoms. The maximum atomic E-state index is 13.2. The second-order valence-corrected chi connectivity index (χ2v) is 10.7. The summed E-state index contributed by atoms with van der Waals surface area (Å²) in [6.45, 7) is 8.26. The van der Waals surface area contributed by atoms with Crippen molar-refractivity contribution in [3.8, 4) is 0 Å². The van der Waals surface area contributed by atoms with Crippen molar-refractivity contribution in [3.63, 3.8) is 0 Å². The first kappa shape index (κ1) is 21.0. The smallest absolute Gasteiger partial charge is 0.254 e. The summed E-state index contributed by atoms with van der Waals surface area (Å²) in [5, 5.41) is 1.99. The van der Waals surface area contributed by atoms with Crippen LogP contribution in [0.4, 0.5) is 0 Å². The first-order valence-electron chi connectivity index (χ1n) is 9.73. The zero-order valence-electron chi connectivity index (χ0n) is 16.7. The van der Waals surface area contributed by atoms with Gasteiger partial charge in [0, 0.05) is 30.1 Å². The molecule has 1 amide bonds. The van der Waals surface area contributed by atoms with Gasteiger partial charge < -0.3 is 4.90 Å². The van der Waals surface area contributed by atoms with Crippen LogP contribution < -0.4 is 0 Å². The number of nitrogens with zero attached hydrogens (tertiary/aromatic N) is 2. The standard InChI is InChI=1S/C21H28N2O3S2/c1-4-22(15-19-8-6-10-27-19)21(24)18-7-5-9-20(12-18)28(25,26)23-13-16(2)11-17(3)14-23/h5-10,12,16-17H,4,11,13-15H2,1-3H3. The van der Waals surface area contributed by atoms with Crippen molar-refractivity contribution in [3.05, 3.63) is 52.2 Å². The molecule has 7 heteroatoms. The van der Waals surface area contributed by atoms with E-state index in [1.165, 1.54) is 6.07 Å². The molecule has 0 aliphatic carbocycles. The molecule has 5 nitrogen and oxygen atoms in total. The first-order valence-corrected chi connectivity index (χ1v) is 12.0. The maximum absolute atomic E-state index is 13.2. The summed E-state index contributed by atoms with van der Waals surface area (Å²) in [7, 11) is -3.60. The molecular weight excluding hydrogens is 392 g/mol. The van der Waals surface area contributed by atoms with Crippen LogP contribution in [0, 0.1) is 11.8 Å². The van der Waals surface area contributed by atoms with E-state index in [2.05, 4.69) is 13.8 Å². The van der Waals surface area contributed by atoms with Crippen molar-refractivity contribution >= 4 is 27.3 Å². The van der Waals surface area contributed by atoms with Crippen molar-refractivity contribution in [1.29, 1.82) is 0 Å². The predicted molar refractivity (Wildman–Crippen MR) is 113 cm³/mol. The minimum atomic E-state index is -3.60. The van der Waals surface area contributed by atoms with Gasteiger partial charge in [0.15, 0.2) is 0 Å². The third kappa shape index (κ3) is 4.64. The second kappa shape index (κ2) is 8.76. The molecule has 1 aliphatic heterocycles. The minimum absolute atomic E-state index is 0.145. The monoisotopic (exact) mass is 420 g/mol. The Labute approximate surface area is 172 Å². The fourth-order valence-corrected chi connectivity index (χ4v) is 6.29. The average molecular weight is 421 g/mol. The Morgan fingerprint density at radius 2 is 1.89 bits per heavy atom. The normalized spacial score (nSPS) is 20.8. The molecule has 28 heavy (non-hydrogen) atoms. The number of carbonyl (C=O) groups excluding carboxylic acids is 1. The van der Waals surface area contributed by atoms with Crippen LogP contribution in [0.3, 0.4) is 0 Å². The van der Waals surface area contributed by atoms with Gasteiger partial charge in [0.1, 0.15) is 0 Å². The van der Waals surface area contributed by atoms with Gasteiger partial charge in [-0.05, 0) is 54.8 Å². The van der Waals surface area contributed by atoms with Crippen LogP contribution in [0.5, 0.6) is 0 Å². The molecule has 2 aromatic rings. The van der Waals surface area contributed by atoms with E-state index in [1.54, 1.807) is 38.7 Å². The summed E-state index contributed by atoms with van der Waals surface area (Å²) in [5.74, 6) is 0.530. The van der Waals surface area contributed by atoms with Crippen LogP contribution in [-0.2, 0) is 16.6 Å². The number of amides is 1. The van der Waals surface area contributed by atoms with Crippen molar-refractivity contribution in [2.24, 2.45) is 11.8 Å². The van der Waals surface area contributed by atoms with Gasteiger partial charge in [0.05, 0.1) is 11.4 Å². The molecular formula is C21H28N2O3S2. The molecule has 2 atom stereocenters. The first-order chi connectivity index (χ1) is 13.3. The molecule has 0 N–H and O–H groups in total. The quantitative estimate of drug-likeness (QED) is 0.708. The number of piperidine rings is 1. The third-order valence-corrected chi connectivity index (χ3v) is 7.84. The molecule has 1 aromatic heterocycles. The highest BCUT2D eigenvalue weighted by molar-refractivity contribution is 7.89. The van der Waals surface area contributed by atoms with E-state index in [0.29, 0.717) is 43.6 Å². The summed E-state index contributed by atoms with van der Waals surface area (Å²) < 4.78 is 27.9. The summed E-state index contributed by atoms with van der Waals surface area (Å²) >= 11 is 1.61. The van der Waals surface area contributed by atoms with E-state index in [1.807, 2.05) is 24.4 Å². The summed E-state index contributed by atoms with van der Waals surface area (Å²) in [6, 6.07) is 10.4. The van der Waals surface area contributed by atoms with Gasteiger partial charge in [-0.25, -0.2) is 8.42 Å². The molecule has 1 fully saturated rings. The predicted octanol–water partition coefficient (Wildman–Crippen LogP) is 4.08. The van der Waals surface area contributed by atoms with Crippen molar-refractivity contribution in [1.82, 2.24) is 9.21 Å². The molecule has 1 aliphatic rings. The topological polar surface area (TPSA) is 57.7 Å². The molecule has 0 radical (unpaired) electrons. The lowest BCUT2D eigenvalue weighted by Crippen LogP contribution is -2.42. The molecule has 3 rings (SSSR count). The minimum Gasteiger partial charge on any atom is -0.334 e. The van der Waals surface area contributed by atoms with Crippen LogP contribution in [0.15, 0.2) is 46.7 Å². The van der Waals surface area contributed by atoms with Crippen molar-refractivity contribution in [2.75, 3.05) is 19.6 Å². The van der Waals surface area contributed by atoms with Crippen LogP contribution in [0.1, 0.15) is 42.4 Å². The Bertz CT molecular complexity index is 899. The molecule has 1 saturated heterocycles. The number of hydrogen-bond acceptors (Lipinski definition) is 4. The summed E-state index contributed by atoms with van der Waals surface area (Å²) in [4.78, 5) is 16.0. The SMILES string of the molecule is CCN(Cc1cccs1)C(=O)c1cccc(S(=O)(=O)N2CC(C)CC(C)C2)c1. The van der Waals surface area contributed by atoms with Gasteiger partial charge in [-0.2, -0.15) is 4.31 Å². The lowest BCUT2D eigenvalue weighted by atomic mass is 9.94. The van der Waals surface area contributed by atoms with E-state index >= 15 is 0 Å². The number of rotatable bonds is 6. The molecule has 1 aromatic carbocycles. The molecule has 0 bridgehead atoms. The van der Waals surface area contributed by atoms with E-state index in [4.69, 9.17) is 0 Å². The van der Waals surface area contributed by atoms with Gasteiger partial charge in [-0.3, -0.25) is 4.79 Å². The fraction of sp³-hybridized carbons (Fsp3) is 0.476. The Morgan fingerprint density at radius 3 is 2.50 bits per heavy atom. The van der Waals surface area contributed by atoms with Crippen molar-refractivity contribution in [2.45, 2.75) is 38.6 Å². The highest BCUT2D eigenvalue weighted by atomic mass is 32.2. The van der Waals surface area contributed by atoms with E-state index in [9.17, 15) is 13.2 Å². The van der Waals surface area contributed by atoms with Crippen LogP contribution in [0.25, 0.3) is 0 Å². The molecule has 152 valence electrons. The second-order valence-electron chi connectivity index (χ2n) is 7.69. The zero-order valence-corrected chi connectivity index (χ0v) is 18.3. The van der Waals surface area contributed by atoms with E-state index < -0.39 is 10.0 Å². The van der Waals surface area contributed by atoms with E-state index in [-0.39, 0.29) is 10.8 Å². The number of hydrogen-bond donors (Lipinski definition) is 0. The molecule has 2 heterocycles. The number of sulfonamides is 1. The van der Waals surface area contributed by atoms with Gasteiger partial charge in [0.2, 0.25) is 10.0 Å². The van der Waals surface area contributed by atoms with Gasteiger partial charge >= 0.3 is 0 Å². The van der Waals surface area contributed by atoms with Crippen LogP contribution in [0.2, 0.25) is 0 Å². The number of benzene rings is 1. The highest BCUT2D eigenvalue weighted by Gasteiger charge is 2.32. The zero-order chi connectivity index (χ0) is 20.3. The fourth-order valence-electron chi connectivity index (χ4n) is 3.84. The highest BCUT2D eigenvalue weighted by Crippen LogP contribution is 2.27. The summed E-state index contributed by atoms with van der Waals surface area (Å²) in [6.07, 6.45) is 1.04. The van der Waals surface area contributed by atoms with Gasteiger partial charge in [0.25, 0.3) is 5.91 Å².